The number of nitriles is 6. The van der Waals surface area contributed by atoms with Crippen LogP contribution in [0.1, 0.15) is 38.9 Å². The number of hydrogen-bond acceptors (Lipinski definition) is 6. The predicted molar refractivity (Wildman–Crippen MR) is 321 cm³/mol. The second kappa shape index (κ2) is 20.4. The van der Waals surface area contributed by atoms with Crippen LogP contribution in [0.25, 0.3) is 122 Å². The molecule has 2 aromatic heterocycles. The Balaban J connectivity index is 1.14. The Morgan fingerprint density at radius 2 is 0.619 bits per heavy atom. The highest BCUT2D eigenvalue weighted by Crippen LogP contribution is 2.48. The van der Waals surface area contributed by atoms with E-state index in [-0.39, 0.29) is 16.7 Å². The molecule has 11 aromatic carbocycles. The van der Waals surface area contributed by atoms with E-state index in [1.54, 1.807) is 60.7 Å². The average Bonchev–Trinajstić information content (AvgIpc) is 1.84. The molecule has 0 bridgehead atoms. The van der Waals surface area contributed by atoms with Crippen LogP contribution in [-0.4, -0.2) is 9.13 Å². The van der Waals surface area contributed by atoms with Crippen LogP contribution in [0.15, 0.2) is 224 Å². The molecule has 0 unspecified atom stereocenters. The van der Waals surface area contributed by atoms with E-state index in [0.29, 0.717) is 50.3 Å². The van der Waals surface area contributed by atoms with Crippen LogP contribution in [0.4, 0.5) is 13.2 Å². The summed E-state index contributed by atoms with van der Waals surface area (Å²) in [5.41, 5.74) is 13.8. The molecule has 13 aromatic rings. The average molecular weight is 1080 g/mol. The summed E-state index contributed by atoms with van der Waals surface area (Å²) in [5.74, 6) is 0. The number of nitrogens with zero attached hydrogens (tertiary/aromatic N) is 8. The molecule has 0 amide bonds. The lowest BCUT2D eigenvalue weighted by Crippen LogP contribution is -2.07. The van der Waals surface area contributed by atoms with Crippen LogP contribution in [-0.2, 0) is 6.18 Å². The molecule has 0 spiro atoms. The van der Waals surface area contributed by atoms with Gasteiger partial charge < -0.3 is 9.13 Å². The van der Waals surface area contributed by atoms with Gasteiger partial charge in [-0.1, -0.05) is 97.1 Å². The predicted octanol–water partition coefficient (Wildman–Crippen LogP) is 18.1. The van der Waals surface area contributed by atoms with Gasteiger partial charge in [0.05, 0.1) is 109 Å². The minimum absolute atomic E-state index is 0.217. The number of halogens is 3. The largest absolute Gasteiger partial charge is 0.416 e. The molecule has 390 valence electrons. The number of fused-ring (bicyclic) bond motifs is 6. The van der Waals surface area contributed by atoms with Crippen molar-refractivity contribution in [1.29, 1.82) is 31.6 Å². The van der Waals surface area contributed by atoms with Crippen molar-refractivity contribution in [2.75, 3.05) is 0 Å². The maximum absolute atomic E-state index is 14.5. The third-order valence-corrected chi connectivity index (χ3v) is 15.6. The first-order chi connectivity index (χ1) is 41.0. The molecule has 13 rings (SSSR count). The molecule has 0 saturated heterocycles. The molecule has 0 N–H and O–H groups in total. The first kappa shape index (κ1) is 51.2. The van der Waals surface area contributed by atoms with E-state index in [0.717, 1.165) is 100 Å². The maximum Gasteiger partial charge on any atom is 0.416 e. The lowest BCUT2D eigenvalue weighted by atomic mass is 9.87. The smallest absolute Gasteiger partial charge is 0.309 e. The van der Waals surface area contributed by atoms with Crippen LogP contribution < -0.4 is 0 Å². The van der Waals surface area contributed by atoms with Gasteiger partial charge in [0.2, 0.25) is 0 Å². The fraction of sp³-hybridized carbons (Fsp3) is 0.0137. The molecule has 0 aliphatic heterocycles. The van der Waals surface area contributed by atoms with E-state index < -0.39 is 11.7 Å². The molecule has 0 aliphatic rings. The van der Waals surface area contributed by atoms with Crippen molar-refractivity contribution in [3.8, 4) is 115 Å². The van der Waals surface area contributed by atoms with Gasteiger partial charge in [0.1, 0.15) is 0 Å². The van der Waals surface area contributed by atoms with Crippen LogP contribution in [0, 0.1) is 68.0 Å². The highest BCUT2D eigenvalue weighted by molar-refractivity contribution is 6.15. The van der Waals surface area contributed by atoms with Gasteiger partial charge in [0, 0.05) is 38.2 Å². The van der Waals surface area contributed by atoms with E-state index in [1.165, 1.54) is 6.07 Å². The van der Waals surface area contributed by atoms with E-state index in [1.807, 2.05) is 121 Å². The summed E-state index contributed by atoms with van der Waals surface area (Å²) in [6, 6.07) is 81.3. The van der Waals surface area contributed by atoms with Gasteiger partial charge in [0.25, 0.3) is 0 Å². The SMILES string of the molecule is N#Cc1ccc(-c2ccc3c(c2)c2cc(-c4ccc(C#N)cc4)ccc2n3-c2cccc(C#N)c2-c2c(-c3ccc(C(F)(F)F)cc3C#N)cccc2-n2c3ccc(-c4ccc(C#N)cc4)cc3c3cc(-c4ccc(C#N)cc4)ccc32)cc1. The van der Waals surface area contributed by atoms with Gasteiger partial charge >= 0.3 is 6.18 Å². The zero-order chi connectivity index (χ0) is 57.8. The van der Waals surface area contributed by atoms with Crippen molar-refractivity contribution in [2.24, 2.45) is 0 Å². The fourth-order valence-electron chi connectivity index (χ4n) is 11.6. The lowest BCUT2D eigenvalue weighted by molar-refractivity contribution is -0.137. The van der Waals surface area contributed by atoms with Crippen molar-refractivity contribution in [3.63, 3.8) is 0 Å². The lowest BCUT2D eigenvalue weighted by Gasteiger charge is -2.23. The Hall–Kier alpha value is -12.3. The van der Waals surface area contributed by atoms with Crippen molar-refractivity contribution in [3.05, 3.63) is 263 Å². The van der Waals surface area contributed by atoms with Gasteiger partial charge in [-0.25, -0.2) is 0 Å². The Morgan fingerprint density at radius 1 is 0.286 bits per heavy atom. The fourth-order valence-corrected chi connectivity index (χ4v) is 11.6. The molecule has 2 heterocycles. The van der Waals surface area contributed by atoms with Gasteiger partial charge in [-0.15, -0.1) is 0 Å². The molecule has 8 nitrogen and oxygen atoms in total. The van der Waals surface area contributed by atoms with E-state index in [2.05, 4.69) is 69.8 Å². The first-order valence-corrected chi connectivity index (χ1v) is 26.5. The molecule has 0 fully saturated rings. The molecule has 0 radical (unpaired) electrons. The van der Waals surface area contributed by atoms with Crippen molar-refractivity contribution < 1.29 is 13.2 Å². The summed E-state index contributed by atoms with van der Waals surface area (Å²) in [6.45, 7) is 0. The number of aromatic nitrogens is 2. The minimum atomic E-state index is -4.75. The molecular formula is C73H37F3N8. The normalized spacial score (nSPS) is 11.2. The third-order valence-electron chi connectivity index (χ3n) is 15.6. The topological polar surface area (TPSA) is 153 Å². The minimum Gasteiger partial charge on any atom is -0.309 e. The Labute approximate surface area is 479 Å². The first-order valence-electron chi connectivity index (χ1n) is 26.5. The van der Waals surface area contributed by atoms with Crippen LogP contribution in [0.2, 0.25) is 0 Å². The van der Waals surface area contributed by atoms with Gasteiger partial charge in [0.15, 0.2) is 0 Å². The summed E-state index contributed by atoms with van der Waals surface area (Å²) in [6.07, 6.45) is -4.75. The van der Waals surface area contributed by atoms with Crippen molar-refractivity contribution in [1.82, 2.24) is 9.13 Å². The second-order valence-electron chi connectivity index (χ2n) is 20.2. The number of alkyl halides is 3. The molecule has 0 saturated carbocycles. The van der Waals surface area contributed by atoms with Crippen LogP contribution >= 0.6 is 0 Å². The highest BCUT2D eigenvalue weighted by atomic mass is 19.4. The summed E-state index contributed by atoms with van der Waals surface area (Å²) in [5, 5.41) is 64.3. The van der Waals surface area contributed by atoms with Gasteiger partial charge in [-0.3, -0.25) is 0 Å². The van der Waals surface area contributed by atoms with E-state index >= 15 is 0 Å². The molecule has 0 atom stereocenters. The molecule has 84 heavy (non-hydrogen) atoms. The van der Waals surface area contributed by atoms with Crippen LogP contribution in [0.3, 0.4) is 0 Å². The Morgan fingerprint density at radius 3 is 0.952 bits per heavy atom. The summed E-state index contributed by atoms with van der Waals surface area (Å²) in [4.78, 5) is 0. The van der Waals surface area contributed by atoms with Crippen LogP contribution in [0.5, 0.6) is 0 Å². The monoisotopic (exact) mass is 1080 g/mol. The zero-order valence-corrected chi connectivity index (χ0v) is 44.1. The zero-order valence-electron chi connectivity index (χ0n) is 44.1. The van der Waals surface area contributed by atoms with Gasteiger partial charge in [-0.2, -0.15) is 44.7 Å². The summed E-state index contributed by atoms with van der Waals surface area (Å²) >= 11 is 0. The number of benzene rings is 11. The quantitative estimate of drug-likeness (QED) is 0.148. The van der Waals surface area contributed by atoms with E-state index in [4.69, 9.17) is 0 Å². The Bertz CT molecular complexity index is 4930. The van der Waals surface area contributed by atoms with E-state index in [9.17, 15) is 44.7 Å². The number of hydrogen-bond donors (Lipinski definition) is 0. The molecule has 11 heteroatoms. The standard InChI is InChI=1S/C73H37F3N8/c74-73(75,76)58-27-28-59(57(33-58)43-82)60-4-2-6-70(84-67-31-25-54(50-19-11-46(40-79)12-20-50)36-63(67)64-37-55(26-32-68(64)84)51-21-13-47(41-80)14-22-51)72(60)71-56(42-81)3-1-5-69(71)83-65-29-23-52(48-15-7-44(38-77)8-16-48)34-61(65)62-35-53(24-30-66(62)83)49-17-9-45(39-78)10-18-49/h1-37H. The van der Waals surface area contributed by atoms with Crippen molar-refractivity contribution in [2.45, 2.75) is 6.18 Å². The summed E-state index contributed by atoms with van der Waals surface area (Å²) in [7, 11) is 0. The Kier molecular flexibility index (Phi) is 12.5. The molecule has 0 aliphatic carbocycles. The number of rotatable bonds is 8. The maximum atomic E-state index is 14.5. The third kappa shape index (κ3) is 8.69. The second-order valence-corrected chi connectivity index (χ2v) is 20.2. The summed E-state index contributed by atoms with van der Waals surface area (Å²) < 4.78 is 47.8. The van der Waals surface area contributed by atoms with Crippen molar-refractivity contribution >= 4 is 43.6 Å². The van der Waals surface area contributed by atoms with Gasteiger partial charge in [-0.05, 0) is 177 Å². The highest BCUT2D eigenvalue weighted by Gasteiger charge is 2.32. The molecular weight excluding hydrogens is 1050 g/mol.